The van der Waals surface area contributed by atoms with E-state index in [0.29, 0.717) is 0 Å². The average Bonchev–Trinajstić information content (AvgIpc) is 2.74. The van der Waals surface area contributed by atoms with E-state index in [0.717, 1.165) is 43.9 Å². The first-order chi connectivity index (χ1) is 13.6. The zero-order chi connectivity index (χ0) is 19.9. The monoisotopic (exact) mass is 383 g/mol. The minimum atomic E-state index is -0.731. The Kier molecular flexibility index (Phi) is 6.76. The number of amides is 1. The lowest BCUT2D eigenvalue weighted by Gasteiger charge is -2.40. The molecule has 0 saturated carbocycles. The topological polar surface area (TPSA) is 68.0 Å². The molecule has 6 heteroatoms. The summed E-state index contributed by atoms with van der Waals surface area (Å²) < 4.78 is 10.6. The number of anilines is 1. The molecule has 1 aliphatic heterocycles. The van der Waals surface area contributed by atoms with Gasteiger partial charge in [0, 0.05) is 44.3 Å². The summed E-state index contributed by atoms with van der Waals surface area (Å²) >= 11 is 0. The third-order valence-electron chi connectivity index (χ3n) is 5.36. The third kappa shape index (κ3) is 5.16. The standard InChI is InChI=1S/C22H29N3O3/c1-17(16-21(28-22(23)26)18-6-4-3-5-7-18)24-12-14-25(15-13-24)19-8-10-20(27-2)11-9-19/h3-11,17,21H,12-16H2,1-2H3,(H2,23,26). The number of carbonyl (C=O) groups excluding carboxylic acids is 1. The van der Waals surface area contributed by atoms with E-state index in [9.17, 15) is 4.79 Å². The summed E-state index contributed by atoms with van der Waals surface area (Å²) in [4.78, 5) is 16.2. The summed E-state index contributed by atoms with van der Waals surface area (Å²) in [6, 6.07) is 18.3. The third-order valence-corrected chi connectivity index (χ3v) is 5.36. The minimum Gasteiger partial charge on any atom is -0.497 e. The number of methoxy groups -OCH3 is 1. The summed E-state index contributed by atoms with van der Waals surface area (Å²) in [5.74, 6) is 0.873. The highest BCUT2D eigenvalue weighted by atomic mass is 16.6. The summed E-state index contributed by atoms with van der Waals surface area (Å²) in [5, 5.41) is 0. The molecule has 1 fully saturated rings. The molecule has 28 heavy (non-hydrogen) atoms. The van der Waals surface area contributed by atoms with Crippen molar-refractivity contribution in [1.29, 1.82) is 0 Å². The lowest BCUT2D eigenvalue weighted by atomic mass is 10.0. The number of hydrogen-bond donors (Lipinski definition) is 1. The molecule has 2 atom stereocenters. The van der Waals surface area contributed by atoms with E-state index < -0.39 is 6.09 Å². The molecule has 1 amide bonds. The van der Waals surface area contributed by atoms with Crippen LogP contribution < -0.4 is 15.4 Å². The Labute approximate surface area is 166 Å². The Morgan fingerprint density at radius 2 is 1.68 bits per heavy atom. The van der Waals surface area contributed by atoms with Crippen molar-refractivity contribution in [3.63, 3.8) is 0 Å². The van der Waals surface area contributed by atoms with Gasteiger partial charge in [-0.3, -0.25) is 4.90 Å². The fourth-order valence-electron chi connectivity index (χ4n) is 3.73. The summed E-state index contributed by atoms with van der Waals surface area (Å²) in [6.45, 7) is 6.03. The molecule has 1 heterocycles. The Hall–Kier alpha value is -2.73. The smallest absolute Gasteiger partial charge is 0.405 e. The first kappa shape index (κ1) is 20.0. The Bertz CT molecular complexity index is 743. The molecule has 1 saturated heterocycles. The minimum absolute atomic E-state index is 0.280. The second-order valence-electron chi connectivity index (χ2n) is 7.14. The van der Waals surface area contributed by atoms with Crippen LogP contribution in [0.1, 0.15) is 25.0 Å². The van der Waals surface area contributed by atoms with Crippen LogP contribution in [-0.2, 0) is 4.74 Å². The van der Waals surface area contributed by atoms with E-state index in [2.05, 4.69) is 28.9 Å². The molecular weight excluding hydrogens is 354 g/mol. The highest BCUT2D eigenvalue weighted by Gasteiger charge is 2.25. The first-order valence-corrected chi connectivity index (χ1v) is 9.71. The maximum absolute atomic E-state index is 11.4. The number of ether oxygens (including phenoxy) is 2. The zero-order valence-electron chi connectivity index (χ0n) is 16.6. The van der Waals surface area contributed by atoms with Crippen molar-refractivity contribution in [2.24, 2.45) is 5.73 Å². The quantitative estimate of drug-likeness (QED) is 0.793. The van der Waals surface area contributed by atoms with Crippen LogP contribution >= 0.6 is 0 Å². The van der Waals surface area contributed by atoms with Crippen molar-refractivity contribution in [2.75, 3.05) is 38.2 Å². The van der Waals surface area contributed by atoms with Gasteiger partial charge in [0.25, 0.3) is 0 Å². The Morgan fingerprint density at radius 1 is 1.04 bits per heavy atom. The summed E-state index contributed by atoms with van der Waals surface area (Å²) in [7, 11) is 1.68. The van der Waals surface area contributed by atoms with Crippen LogP contribution in [0.25, 0.3) is 0 Å². The molecular formula is C22H29N3O3. The van der Waals surface area contributed by atoms with Gasteiger partial charge >= 0.3 is 6.09 Å². The maximum atomic E-state index is 11.4. The second-order valence-corrected chi connectivity index (χ2v) is 7.14. The molecule has 150 valence electrons. The predicted molar refractivity (Wildman–Crippen MR) is 111 cm³/mol. The lowest BCUT2D eigenvalue weighted by Crippen LogP contribution is -2.50. The van der Waals surface area contributed by atoms with Gasteiger partial charge in [0.15, 0.2) is 0 Å². The van der Waals surface area contributed by atoms with Crippen LogP contribution in [0.15, 0.2) is 54.6 Å². The molecule has 6 nitrogen and oxygen atoms in total. The first-order valence-electron chi connectivity index (χ1n) is 9.71. The van der Waals surface area contributed by atoms with Crippen molar-refractivity contribution in [1.82, 2.24) is 4.90 Å². The van der Waals surface area contributed by atoms with E-state index in [1.54, 1.807) is 7.11 Å². The van der Waals surface area contributed by atoms with Crippen LogP contribution in [0.4, 0.5) is 10.5 Å². The molecule has 1 aliphatic rings. The van der Waals surface area contributed by atoms with Crippen molar-refractivity contribution in [3.05, 3.63) is 60.2 Å². The van der Waals surface area contributed by atoms with Crippen molar-refractivity contribution in [3.8, 4) is 5.75 Å². The molecule has 2 aromatic rings. The number of carbonyl (C=O) groups is 1. The van der Waals surface area contributed by atoms with Gasteiger partial charge in [-0.05, 0) is 36.8 Å². The Balaban J connectivity index is 1.57. The van der Waals surface area contributed by atoms with Gasteiger partial charge in [0.1, 0.15) is 11.9 Å². The number of nitrogens with two attached hydrogens (primary N) is 1. The van der Waals surface area contributed by atoms with Crippen molar-refractivity contribution >= 4 is 11.8 Å². The van der Waals surface area contributed by atoms with Crippen molar-refractivity contribution < 1.29 is 14.3 Å². The van der Waals surface area contributed by atoms with E-state index >= 15 is 0 Å². The largest absolute Gasteiger partial charge is 0.497 e. The fraction of sp³-hybridized carbons (Fsp3) is 0.409. The van der Waals surface area contributed by atoms with E-state index in [4.69, 9.17) is 15.2 Å². The van der Waals surface area contributed by atoms with Gasteiger partial charge in [-0.2, -0.15) is 0 Å². The number of benzene rings is 2. The molecule has 2 aromatic carbocycles. The number of hydrogen-bond acceptors (Lipinski definition) is 5. The van der Waals surface area contributed by atoms with E-state index in [-0.39, 0.29) is 12.1 Å². The van der Waals surface area contributed by atoms with Crippen LogP contribution in [0.3, 0.4) is 0 Å². The van der Waals surface area contributed by atoms with Crippen LogP contribution in [-0.4, -0.2) is 50.3 Å². The number of nitrogens with zero attached hydrogens (tertiary/aromatic N) is 2. The Morgan fingerprint density at radius 3 is 2.25 bits per heavy atom. The summed E-state index contributed by atoms with van der Waals surface area (Å²) in [6.07, 6.45) is -0.339. The van der Waals surface area contributed by atoms with Crippen LogP contribution in [0, 0.1) is 0 Å². The number of primary amides is 1. The molecule has 0 bridgehead atoms. The number of rotatable bonds is 7. The number of piperazine rings is 1. The van der Waals surface area contributed by atoms with Gasteiger partial charge in [-0.15, -0.1) is 0 Å². The highest BCUT2D eigenvalue weighted by molar-refractivity contribution is 5.65. The van der Waals surface area contributed by atoms with Crippen molar-refractivity contribution in [2.45, 2.75) is 25.5 Å². The molecule has 0 aromatic heterocycles. The molecule has 2 unspecified atom stereocenters. The van der Waals surface area contributed by atoms with Crippen LogP contribution in [0.2, 0.25) is 0 Å². The van der Waals surface area contributed by atoms with Gasteiger partial charge in [-0.1, -0.05) is 30.3 Å². The normalized spacial score (nSPS) is 17.0. The zero-order valence-corrected chi connectivity index (χ0v) is 16.6. The van der Waals surface area contributed by atoms with Gasteiger partial charge < -0.3 is 20.1 Å². The molecule has 0 aliphatic carbocycles. The fourth-order valence-corrected chi connectivity index (χ4v) is 3.73. The van der Waals surface area contributed by atoms with Crippen LogP contribution in [0.5, 0.6) is 5.75 Å². The van der Waals surface area contributed by atoms with E-state index in [1.165, 1.54) is 5.69 Å². The molecule has 3 rings (SSSR count). The molecule has 0 radical (unpaired) electrons. The lowest BCUT2D eigenvalue weighted by molar-refractivity contribution is 0.0740. The SMILES string of the molecule is COc1ccc(N2CCN(C(C)CC(OC(N)=O)c3ccccc3)CC2)cc1. The highest BCUT2D eigenvalue weighted by Crippen LogP contribution is 2.26. The van der Waals surface area contributed by atoms with Gasteiger partial charge in [0.05, 0.1) is 7.11 Å². The second kappa shape index (κ2) is 9.46. The molecule has 0 spiro atoms. The van der Waals surface area contributed by atoms with Gasteiger partial charge in [0.2, 0.25) is 0 Å². The average molecular weight is 383 g/mol. The summed E-state index contributed by atoms with van der Waals surface area (Å²) in [5.41, 5.74) is 7.49. The maximum Gasteiger partial charge on any atom is 0.405 e. The predicted octanol–water partition coefficient (Wildman–Crippen LogP) is 3.43. The van der Waals surface area contributed by atoms with Gasteiger partial charge in [-0.25, -0.2) is 4.79 Å². The molecule has 2 N–H and O–H groups in total. The van der Waals surface area contributed by atoms with E-state index in [1.807, 2.05) is 42.5 Å².